The van der Waals surface area contributed by atoms with Crippen molar-refractivity contribution < 1.29 is 19.1 Å². The molecule has 1 rings (SSSR count). The fourth-order valence-corrected chi connectivity index (χ4v) is 2.93. The van der Waals surface area contributed by atoms with Crippen molar-refractivity contribution in [3.63, 3.8) is 0 Å². The van der Waals surface area contributed by atoms with Crippen molar-refractivity contribution >= 4 is 23.4 Å². The molecule has 2 N–H and O–H groups in total. The van der Waals surface area contributed by atoms with Gasteiger partial charge in [-0.15, -0.1) is 0 Å². The van der Waals surface area contributed by atoms with Gasteiger partial charge in [-0.1, -0.05) is 44.4 Å². The highest BCUT2D eigenvalue weighted by molar-refractivity contribution is 5.95. The van der Waals surface area contributed by atoms with E-state index in [9.17, 15) is 14.4 Å². The smallest absolute Gasteiger partial charge is 0.243 e. The third kappa shape index (κ3) is 9.56. The normalized spacial score (nSPS) is 11.6. The van der Waals surface area contributed by atoms with E-state index in [1.807, 2.05) is 26.0 Å². The monoisotopic (exact) mass is 405 g/mol. The average Bonchev–Trinajstić information content (AvgIpc) is 2.71. The molecule has 7 nitrogen and oxygen atoms in total. The lowest BCUT2D eigenvalue weighted by atomic mass is 9.97. The van der Waals surface area contributed by atoms with Gasteiger partial charge in [0.1, 0.15) is 0 Å². The van der Waals surface area contributed by atoms with Gasteiger partial charge >= 0.3 is 0 Å². The van der Waals surface area contributed by atoms with Crippen LogP contribution in [0.1, 0.15) is 45.1 Å². The summed E-state index contributed by atoms with van der Waals surface area (Å²) in [5.41, 5.74) is 1.77. The van der Waals surface area contributed by atoms with Crippen LogP contribution in [0.2, 0.25) is 0 Å². The van der Waals surface area contributed by atoms with Gasteiger partial charge in [0.2, 0.25) is 17.7 Å². The standard InChI is InChI=1S/C22H35N3O4/c1-5-7-8-18(6-2)22(28)25(13-14-29-4)16-21(27)23-15-20(26)24-19-11-9-17(3)10-12-19/h9-12,18H,5-8,13-16H2,1-4H3,(H,23,27)(H,24,26). The third-order valence-electron chi connectivity index (χ3n) is 4.74. The van der Waals surface area contributed by atoms with Gasteiger partial charge in [0.15, 0.2) is 0 Å². The number of carbonyl (C=O) groups is 3. The van der Waals surface area contributed by atoms with Crippen LogP contribution in [0.5, 0.6) is 0 Å². The zero-order valence-corrected chi connectivity index (χ0v) is 18.1. The molecule has 1 atom stereocenters. The number of hydrogen-bond acceptors (Lipinski definition) is 4. The molecule has 1 aromatic rings. The first-order chi connectivity index (χ1) is 13.9. The maximum atomic E-state index is 12.8. The molecule has 3 amide bonds. The number of rotatable bonds is 13. The van der Waals surface area contributed by atoms with Crippen LogP contribution < -0.4 is 10.6 Å². The number of ether oxygens (including phenoxy) is 1. The molecule has 0 saturated heterocycles. The molecule has 29 heavy (non-hydrogen) atoms. The summed E-state index contributed by atoms with van der Waals surface area (Å²) in [7, 11) is 1.56. The Morgan fingerprint density at radius 1 is 1.10 bits per heavy atom. The zero-order valence-electron chi connectivity index (χ0n) is 18.1. The van der Waals surface area contributed by atoms with Crippen molar-refractivity contribution in [2.45, 2.75) is 46.5 Å². The van der Waals surface area contributed by atoms with E-state index < -0.39 is 0 Å². The van der Waals surface area contributed by atoms with Gasteiger partial charge in [-0.2, -0.15) is 0 Å². The van der Waals surface area contributed by atoms with Crippen LogP contribution in [0.3, 0.4) is 0 Å². The SMILES string of the molecule is CCCCC(CC)C(=O)N(CCOC)CC(=O)NCC(=O)Nc1ccc(C)cc1. The largest absolute Gasteiger partial charge is 0.383 e. The van der Waals surface area contributed by atoms with Crippen molar-refractivity contribution in [1.82, 2.24) is 10.2 Å². The first-order valence-corrected chi connectivity index (χ1v) is 10.3. The Morgan fingerprint density at radius 2 is 1.79 bits per heavy atom. The molecule has 0 bridgehead atoms. The van der Waals surface area contributed by atoms with Crippen LogP contribution in [0.25, 0.3) is 0 Å². The van der Waals surface area contributed by atoms with E-state index in [-0.39, 0.29) is 36.7 Å². The van der Waals surface area contributed by atoms with Crippen LogP contribution >= 0.6 is 0 Å². The van der Waals surface area contributed by atoms with Gasteiger partial charge < -0.3 is 20.3 Å². The predicted octanol–water partition coefficient (Wildman–Crippen LogP) is 2.74. The number of amides is 3. The topological polar surface area (TPSA) is 87.7 Å². The van der Waals surface area contributed by atoms with Crippen LogP contribution in [0.4, 0.5) is 5.69 Å². The van der Waals surface area contributed by atoms with E-state index in [0.29, 0.717) is 18.8 Å². The minimum atomic E-state index is -0.362. The Hall–Kier alpha value is -2.41. The number of aryl methyl sites for hydroxylation is 1. The molecule has 0 aromatic heterocycles. The number of methoxy groups -OCH3 is 1. The Morgan fingerprint density at radius 3 is 2.38 bits per heavy atom. The Bertz CT molecular complexity index is 646. The van der Waals surface area contributed by atoms with Gasteiger partial charge in [0, 0.05) is 25.3 Å². The van der Waals surface area contributed by atoms with E-state index in [2.05, 4.69) is 17.6 Å². The van der Waals surface area contributed by atoms with Crippen molar-refractivity contribution in [3.05, 3.63) is 29.8 Å². The van der Waals surface area contributed by atoms with E-state index >= 15 is 0 Å². The lowest BCUT2D eigenvalue weighted by Crippen LogP contribution is -2.46. The van der Waals surface area contributed by atoms with Gasteiger partial charge in [0.25, 0.3) is 0 Å². The predicted molar refractivity (Wildman–Crippen MR) is 115 cm³/mol. The van der Waals surface area contributed by atoms with Crippen molar-refractivity contribution in [2.75, 3.05) is 38.7 Å². The molecule has 0 radical (unpaired) electrons. The first kappa shape index (κ1) is 24.6. The molecular weight excluding hydrogens is 370 g/mol. The molecule has 1 aromatic carbocycles. The fraction of sp³-hybridized carbons (Fsp3) is 0.591. The minimum Gasteiger partial charge on any atom is -0.383 e. The molecular formula is C22H35N3O4. The maximum absolute atomic E-state index is 12.8. The molecule has 7 heteroatoms. The number of carbonyl (C=O) groups excluding carboxylic acids is 3. The molecule has 0 aliphatic carbocycles. The van der Waals surface area contributed by atoms with E-state index in [0.717, 1.165) is 31.2 Å². The lowest BCUT2D eigenvalue weighted by Gasteiger charge is -2.26. The number of unbranched alkanes of at least 4 members (excludes halogenated alkanes) is 1. The van der Waals surface area contributed by atoms with Crippen molar-refractivity contribution in [2.24, 2.45) is 5.92 Å². The summed E-state index contributed by atoms with van der Waals surface area (Å²) < 4.78 is 5.08. The average molecular weight is 406 g/mol. The molecule has 0 aliphatic rings. The minimum absolute atomic E-state index is 0.0303. The van der Waals surface area contributed by atoms with E-state index in [1.54, 1.807) is 19.2 Å². The summed E-state index contributed by atoms with van der Waals surface area (Å²) in [6, 6.07) is 7.41. The van der Waals surface area contributed by atoms with Crippen LogP contribution in [0.15, 0.2) is 24.3 Å². The zero-order chi connectivity index (χ0) is 21.6. The second-order valence-corrected chi connectivity index (χ2v) is 7.19. The van der Waals surface area contributed by atoms with Crippen LogP contribution in [0, 0.1) is 12.8 Å². The fourth-order valence-electron chi connectivity index (χ4n) is 2.93. The number of nitrogens with zero attached hydrogens (tertiary/aromatic N) is 1. The second-order valence-electron chi connectivity index (χ2n) is 7.19. The van der Waals surface area contributed by atoms with Gasteiger partial charge in [-0.05, 0) is 31.9 Å². The first-order valence-electron chi connectivity index (χ1n) is 10.3. The van der Waals surface area contributed by atoms with Gasteiger partial charge in [-0.25, -0.2) is 0 Å². The molecule has 0 heterocycles. The Balaban J connectivity index is 2.56. The number of hydrogen-bond donors (Lipinski definition) is 2. The summed E-state index contributed by atoms with van der Waals surface area (Å²) in [6.07, 6.45) is 3.56. The second kappa shape index (κ2) is 13.7. The Kier molecular flexibility index (Phi) is 11.6. The summed E-state index contributed by atoms with van der Waals surface area (Å²) in [4.78, 5) is 38.7. The van der Waals surface area contributed by atoms with E-state index in [1.165, 1.54) is 4.90 Å². The third-order valence-corrected chi connectivity index (χ3v) is 4.74. The summed E-state index contributed by atoms with van der Waals surface area (Å²) in [6.45, 7) is 6.53. The molecule has 0 spiro atoms. The highest BCUT2D eigenvalue weighted by Gasteiger charge is 2.24. The highest BCUT2D eigenvalue weighted by atomic mass is 16.5. The number of nitrogens with one attached hydrogen (secondary N) is 2. The number of anilines is 1. The van der Waals surface area contributed by atoms with Crippen LogP contribution in [-0.4, -0.2) is 56.0 Å². The van der Waals surface area contributed by atoms with Gasteiger partial charge in [0.05, 0.1) is 19.7 Å². The molecule has 1 unspecified atom stereocenters. The van der Waals surface area contributed by atoms with Crippen LogP contribution in [-0.2, 0) is 19.1 Å². The molecule has 162 valence electrons. The summed E-state index contributed by atoms with van der Waals surface area (Å²) in [5, 5.41) is 5.32. The maximum Gasteiger partial charge on any atom is 0.243 e. The van der Waals surface area contributed by atoms with Gasteiger partial charge in [-0.3, -0.25) is 14.4 Å². The molecule has 0 fully saturated rings. The highest BCUT2D eigenvalue weighted by Crippen LogP contribution is 2.16. The lowest BCUT2D eigenvalue weighted by molar-refractivity contribution is -0.140. The van der Waals surface area contributed by atoms with E-state index in [4.69, 9.17) is 4.74 Å². The summed E-state index contributed by atoms with van der Waals surface area (Å²) >= 11 is 0. The summed E-state index contributed by atoms with van der Waals surface area (Å²) in [5.74, 6) is -0.799. The number of benzene rings is 1. The van der Waals surface area contributed by atoms with Crippen molar-refractivity contribution in [3.8, 4) is 0 Å². The quantitative estimate of drug-likeness (QED) is 0.528. The Labute approximate surface area is 174 Å². The molecule has 0 aliphatic heterocycles. The van der Waals surface area contributed by atoms with Crippen molar-refractivity contribution in [1.29, 1.82) is 0 Å². The molecule has 0 saturated carbocycles.